The van der Waals surface area contributed by atoms with Crippen LogP contribution >= 0.6 is 0 Å². The predicted molar refractivity (Wildman–Crippen MR) is 123 cm³/mol. The SMILES string of the molecule is Cc1ccc(N=Nc2ccc(N=C[C@@H]3C(=O)NC(=O)N([C@@H]4C[C@H]5CC[C@H]4C5)C3=O)cc2)cc1. The minimum absolute atomic E-state index is 0.113. The molecule has 2 aromatic rings. The first-order valence-corrected chi connectivity index (χ1v) is 11.3. The number of azo groups is 1. The van der Waals surface area contributed by atoms with Gasteiger partial charge in [-0.1, -0.05) is 24.1 Å². The van der Waals surface area contributed by atoms with Gasteiger partial charge in [0.15, 0.2) is 5.92 Å². The van der Waals surface area contributed by atoms with E-state index < -0.39 is 23.8 Å². The Labute approximate surface area is 191 Å². The quantitative estimate of drug-likeness (QED) is 0.400. The number of hydrogen-bond donors (Lipinski definition) is 1. The number of hydrogen-bond acceptors (Lipinski definition) is 6. The summed E-state index contributed by atoms with van der Waals surface area (Å²) in [6, 6.07) is 14.0. The van der Waals surface area contributed by atoms with Gasteiger partial charge in [-0.05, 0) is 74.4 Å². The van der Waals surface area contributed by atoms with E-state index in [4.69, 9.17) is 0 Å². The first kappa shape index (κ1) is 21.2. The zero-order valence-electron chi connectivity index (χ0n) is 18.3. The third-order valence-corrected chi connectivity index (χ3v) is 6.80. The Bertz CT molecular complexity index is 1140. The Morgan fingerprint density at radius 3 is 2.12 bits per heavy atom. The van der Waals surface area contributed by atoms with Gasteiger partial charge in [0.1, 0.15) is 0 Å². The number of aliphatic imine (C=N–C) groups is 1. The summed E-state index contributed by atoms with van der Waals surface area (Å²) in [6.45, 7) is 2.01. The molecule has 0 spiro atoms. The molecule has 168 valence electrons. The second-order valence-electron chi connectivity index (χ2n) is 9.05. The van der Waals surface area contributed by atoms with E-state index in [1.807, 2.05) is 31.2 Å². The zero-order chi connectivity index (χ0) is 22.9. The molecule has 8 nitrogen and oxygen atoms in total. The van der Waals surface area contributed by atoms with Crippen LogP contribution in [0.5, 0.6) is 0 Å². The van der Waals surface area contributed by atoms with Crippen LogP contribution in [0.15, 0.2) is 63.8 Å². The van der Waals surface area contributed by atoms with Crippen LogP contribution in [0.2, 0.25) is 0 Å². The summed E-state index contributed by atoms with van der Waals surface area (Å²) in [5.41, 5.74) is 3.16. The van der Waals surface area contributed by atoms with Crippen molar-refractivity contribution in [2.45, 2.75) is 38.6 Å². The van der Waals surface area contributed by atoms with E-state index in [0.717, 1.165) is 36.9 Å². The molecule has 1 N–H and O–H groups in total. The van der Waals surface area contributed by atoms with Gasteiger partial charge in [0.25, 0.3) is 0 Å². The Morgan fingerprint density at radius 1 is 0.879 bits per heavy atom. The standard InChI is InChI=1S/C25H25N5O3/c1-15-2-6-19(7-3-15)28-29-20-10-8-18(9-11-20)26-14-21-23(31)27-25(33)30(24(21)32)22-13-16-4-5-17(22)12-16/h2-3,6-11,14,16-17,21-22H,4-5,12-13H2,1H3,(H,27,31,33)/t16-,17-,21+,22+/m0/s1. The smallest absolute Gasteiger partial charge is 0.277 e. The number of fused-ring (bicyclic) bond motifs is 2. The summed E-state index contributed by atoms with van der Waals surface area (Å²) in [4.78, 5) is 43.4. The fraction of sp³-hybridized carbons (Fsp3) is 0.360. The van der Waals surface area contributed by atoms with Crippen LogP contribution < -0.4 is 5.32 Å². The van der Waals surface area contributed by atoms with E-state index >= 15 is 0 Å². The maximum absolute atomic E-state index is 13.1. The monoisotopic (exact) mass is 443 g/mol. The number of amides is 4. The van der Waals surface area contributed by atoms with Crippen LogP contribution in [0.25, 0.3) is 0 Å². The number of nitrogens with zero attached hydrogens (tertiary/aromatic N) is 4. The largest absolute Gasteiger partial charge is 0.331 e. The van der Waals surface area contributed by atoms with Crippen molar-refractivity contribution in [1.29, 1.82) is 0 Å². The van der Waals surface area contributed by atoms with Crippen molar-refractivity contribution >= 4 is 41.1 Å². The average Bonchev–Trinajstić information content (AvgIpc) is 3.43. The molecular weight excluding hydrogens is 418 g/mol. The molecule has 4 amide bonds. The molecule has 1 heterocycles. The van der Waals surface area contributed by atoms with E-state index in [1.54, 1.807) is 24.3 Å². The van der Waals surface area contributed by atoms with Crippen molar-refractivity contribution in [3.63, 3.8) is 0 Å². The van der Waals surface area contributed by atoms with Crippen LogP contribution in [0, 0.1) is 24.7 Å². The zero-order valence-corrected chi connectivity index (χ0v) is 18.3. The van der Waals surface area contributed by atoms with E-state index in [2.05, 4.69) is 20.5 Å². The molecule has 1 aliphatic heterocycles. The van der Waals surface area contributed by atoms with E-state index in [9.17, 15) is 14.4 Å². The van der Waals surface area contributed by atoms with E-state index in [-0.39, 0.29) is 6.04 Å². The highest BCUT2D eigenvalue weighted by Crippen LogP contribution is 2.47. The number of barbiturate groups is 1. The number of nitrogens with one attached hydrogen (secondary N) is 1. The van der Waals surface area contributed by atoms with Crippen LogP contribution in [0.3, 0.4) is 0 Å². The summed E-state index contributed by atoms with van der Waals surface area (Å²) in [5, 5.41) is 10.8. The molecule has 0 unspecified atom stereocenters. The lowest BCUT2D eigenvalue weighted by molar-refractivity contribution is -0.141. The van der Waals surface area contributed by atoms with Gasteiger partial charge >= 0.3 is 6.03 Å². The van der Waals surface area contributed by atoms with Gasteiger partial charge in [-0.2, -0.15) is 10.2 Å². The molecule has 2 aliphatic carbocycles. The van der Waals surface area contributed by atoms with Gasteiger partial charge < -0.3 is 0 Å². The normalized spacial score (nSPS) is 27.2. The van der Waals surface area contributed by atoms with Crippen molar-refractivity contribution in [3.8, 4) is 0 Å². The van der Waals surface area contributed by atoms with Crippen molar-refractivity contribution < 1.29 is 14.4 Å². The van der Waals surface area contributed by atoms with Crippen LogP contribution in [-0.4, -0.2) is 35.0 Å². The topological polar surface area (TPSA) is 104 Å². The molecule has 2 bridgehead atoms. The fourth-order valence-corrected chi connectivity index (χ4v) is 5.07. The summed E-state index contributed by atoms with van der Waals surface area (Å²) in [5.74, 6) is -1.29. The molecule has 33 heavy (non-hydrogen) atoms. The first-order valence-electron chi connectivity index (χ1n) is 11.3. The Balaban J connectivity index is 1.26. The van der Waals surface area contributed by atoms with Crippen molar-refractivity contribution in [2.75, 3.05) is 0 Å². The van der Waals surface area contributed by atoms with Crippen molar-refractivity contribution in [2.24, 2.45) is 33.0 Å². The minimum atomic E-state index is -1.11. The van der Waals surface area contributed by atoms with Crippen LogP contribution in [-0.2, 0) is 9.59 Å². The molecule has 3 fully saturated rings. The molecule has 3 aliphatic rings. The van der Waals surface area contributed by atoms with Crippen molar-refractivity contribution in [3.05, 3.63) is 54.1 Å². The number of carbonyl (C=O) groups excluding carboxylic acids is 3. The first-order chi connectivity index (χ1) is 16.0. The van der Waals surface area contributed by atoms with Gasteiger partial charge in [-0.25, -0.2) is 4.79 Å². The lowest BCUT2D eigenvalue weighted by Gasteiger charge is -2.36. The van der Waals surface area contributed by atoms with Gasteiger partial charge in [0.05, 0.1) is 17.1 Å². The second kappa shape index (κ2) is 8.69. The van der Waals surface area contributed by atoms with Crippen LogP contribution in [0.1, 0.15) is 31.2 Å². The molecular formula is C25H25N5O3. The Morgan fingerprint density at radius 2 is 1.52 bits per heavy atom. The molecule has 8 heteroatoms. The molecule has 2 saturated carbocycles. The highest BCUT2D eigenvalue weighted by atomic mass is 16.2. The maximum Gasteiger partial charge on any atom is 0.331 e. The van der Waals surface area contributed by atoms with Gasteiger partial charge in [0, 0.05) is 12.3 Å². The maximum atomic E-state index is 13.1. The second-order valence-corrected chi connectivity index (χ2v) is 9.05. The fourth-order valence-electron chi connectivity index (χ4n) is 5.07. The number of imide groups is 2. The lowest BCUT2D eigenvalue weighted by atomic mass is 9.92. The number of urea groups is 1. The van der Waals surface area contributed by atoms with Gasteiger partial charge in [0.2, 0.25) is 11.8 Å². The predicted octanol–water partition coefficient (Wildman–Crippen LogP) is 5.00. The molecule has 5 rings (SSSR count). The summed E-state index contributed by atoms with van der Waals surface area (Å²) in [7, 11) is 0. The number of rotatable bonds is 5. The van der Waals surface area contributed by atoms with Crippen LogP contribution in [0.4, 0.5) is 21.9 Å². The molecule has 0 aromatic heterocycles. The van der Waals surface area contributed by atoms with Gasteiger partial charge in [-0.15, -0.1) is 0 Å². The van der Waals surface area contributed by atoms with Crippen molar-refractivity contribution in [1.82, 2.24) is 10.2 Å². The Hall–Kier alpha value is -3.68. The summed E-state index contributed by atoms with van der Waals surface area (Å²) in [6.07, 6.45) is 5.41. The summed E-state index contributed by atoms with van der Waals surface area (Å²) >= 11 is 0. The summed E-state index contributed by atoms with van der Waals surface area (Å²) < 4.78 is 0. The number of benzene rings is 2. The average molecular weight is 444 g/mol. The molecule has 2 aromatic carbocycles. The highest BCUT2D eigenvalue weighted by Gasteiger charge is 2.50. The Kier molecular flexibility index (Phi) is 5.58. The third kappa shape index (κ3) is 4.33. The van der Waals surface area contributed by atoms with E-state index in [1.165, 1.54) is 11.1 Å². The highest BCUT2D eigenvalue weighted by molar-refractivity contribution is 6.23. The van der Waals surface area contributed by atoms with Gasteiger partial charge in [-0.3, -0.25) is 24.8 Å². The number of carbonyl (C=O) groups is 3. The van der Waals surface area contributed by atoms with E-state index in [0.29, 0.717) is 23.2 Å². The lowest BCUT2D eigenvalue weighted by Crippen LogP contribution is -2.62. The molecule has 0 radical (unpaired) electrons. The number of aryl methyl sites for hydroxylation is 1. The minimum Gasteiger partial charge on any atom is -0.277 e. The molecule has 4 atom stereocenters. The molecule has 1 saturated heterocycles. The third-order valence-electron chi connectivity index (χ3n) is 6.80.